The summed E-state index contributed by atoms with van der Waals surface area (Å²) >= 11 is 11.3. The molecule has 0 heterocycles. The van der Waals surface area contributed by atoms with Gasteiger partial charge in [-0.15, -0.1) is 0 Å². The van der Waals surface area contributed by atoms with Crippen LogP contribution in [0.15, 0.2) is 22.7 Å². The van der Waals surface area contributed by atoms with Crippen LogP contribution in [0.2, 0.25) is 5.02 Å². The first-order valence-electron chi connectivity index (χ1n) is 5.29. The number of hydrogen-bond donors (Lipinski definition) is 1. The second-order valence-corrected chi connectivity index (χ2v) is 6.06. The molecule has 4 heteroatoms. The highest BCUT2D eigenvalue weighted by Gasteiger charge is 2.02. The van der Waals surface area contributed by atoms with Gasteiger partial charge < -0.3 is 5.32 Å². The quantitative estimate of drug-likeness (QED) is 0.836. The van der Waals surface area contributed by atoms with Gasteiger partial charge in [0, 0.05) is 17.1 Å². The van der Waals surface area contributed by atoms with Crippen LogP contribution in [0.1, 0.15) is 18.9 Å². The van der Waals surface area contributed by atoms with Crippen LogP contribution in [-0.2, 0) is 6.54 Å². The molecule has 90 valence electrons. The summed E-state index contributed by atoms with van der Waals surface area (Å²) in [6.07, 6.45) is 3.34. The molecule has 1 aromatic carbocycles. The molecule has 0 spiro atoms. The molecular formula is C12H17BrClNS. The van der Waals surface area contributed by atoms with Gasteiger partial charge in [-0.05, 0) is 59.0 Å². The van der Waals surface area contributed by atoms with Gasteiger partial charge >= 0.3 is 0 Å². The van der Waals surface area contributed by atoms with Crippen molar-refractivity contribution in [1.82, 2.24) is 5.32 Å². The van der Waals surface area contributed by atoms with E-state index < -0.39 is 0 Å². The molecule has 0 fully saturated rings. The van der Waals surface area contributed by atoms with Crippen molar-refractivity contribution in [3.05, 3.63) is 33.3 Å². The minimum Gasteiger partial charge on any atom is -0.310 e. The number of hydrogen-bond acceptors (Lipinski definition) is 2. The standard InChI is InChI=1S/C12H17BrClNS/c1-9(5-6-16-2)15-8-10-3-4-11(13)12(14)7-10/h3-4,7,9,15H,5-6,8H2,1-2H3. The maximum Gasteiger partial charge on any atom is 0.0551 e. The third kappa shape index (κ3) is 5.09. The Hall–Kier alpha value is 0.300. The number of benzene rings is 1. The summed E-state index contributed by atoms with van der Waals surface area (Å²) in [6.45, 7) is 3.10. The van der Waals surface area contributed by atoms with E-state index in [1.807, 2.05) is 23.9 Å². The molecule has 1 aromatic rings. The van der Waals surface area contributed by atoms with E-state index in [0.29, 0.717) is 6.04 Å². The van der Waals surface area contributed by atoms with Crippen molar-refractivity contribution in [2.75, 3.05) is 12.0 Å². The zero-order chi connectivity index (χ0) is 12.0. The lowest BCUT2D eigenvalue weighted by molar-refractivity contribution is 0.537. The molecular weight excluding hydrogens is 306 g/mol. The number of thioether (sulfide) groups is 1. The summed E-state index contributed by atoms with van der Waals surface area (Å²) in [5, 5.41) is 4.27. The Labute approximate surface area is 115 Å². The van der Waals surface area contributed by atoms with Crippen LogP contribution < -0.4 is 5.32 Å². The highest BCUT2D eigenvalue weighted by atomic mass is 79.9. The predicted octanol–water partition coefficient (Wildman–Crippen LogP) is 4.33. The third-order valence-electron chi connectivity index (χ3n) is 2.39. The van der Waals surface area contributed by atoms with Gasteiger partial charge in [-0.3, -0.25) is 0 Å². The van der Waals surface area contributed by atoms with Crippen molar-refractivity contribution in [3.63, 3.8) is 0 Å². The number of halogens is 2. The summed E-state index contributed by atoms with van der Waals surface area (Å²) < 4.78 is 0.952. The first-order chi connectivity index (χ1) is 7.63. The number of nitrogens with one attached hydrogen (secondary N) is 1. The van der Waals surface area contributed by atoms with Crippen LogP contribution in [0.5, 0.6) is 0 Å². The Kier molecular flexibility index (Phi) is 6.81. The van der Waals surface area contributed by atoms with Crippen LogP contribution in [0.25, 0.3) is 0 Å². The topological polar surface area (TPSA) is 12.0 Å². The maximum absolute atomic E-state index is 6.03. The normalized spacial score (nSPS) is 12.8. The SMILES string of the molecule is CSCCC(C)NCc1ccc(Br)c(Cl)c1. The molecule has 1 unspecified atom stereocenters. The Morgan fingerprint density at radius 3 is 2.88 bits per heavy atom. The average molecular weight is 323 g/mol. The fraction of sp³-hybridized carbons (Fsp3) is 0.500. The largest absolute Gasteiger partial charge is 0.310 e. The molecule has 0 amide bonds. The molecule has 0 radical (unpaired) electrons. The van der Waals surface area contributed by atoms with Crippen molar-refractivity contribution in [2.24, 2.45) is 0 Å². The molecule has 0 aliphatic carbocycles. The Morgan fingerprint density at radius 2 is 2.25 bits per heavy atom. The van der Waals surface area contributed by atoms with Crippen LogP contribution in [-0.4, -0.2) is 18.1 Å². The maximum atomic E-state index is 6.03. The monoisotopic (exact) mass is 321 g/mol. The van der Waals surface area contributed by atoms with Gasteiger partial charge in [-0.25, -0.2) is 0 Å². The third-order valence-corrected chi connectivity index (χ3v) is 4.27. The van der Waals surface area contributed by atoms with E-state index in [-0.39, 0.29) is 0 Å². The summed E-state index contributed by atoms with van der Waals surface area (Å²) in [6, 6.07) is 6.63. The van der Waals surface area contributed by atoms with Gasteiger partial charge in [0.2, 0.25) is 0 Å². The van der Waals surface area contributed by atoms with Crippen molar-refractivity contribution < 1.29 is 0 Å². The van der Waals surface area contributed by atoms with Crippen LogP contribution in [0, 0.1) is 0 Å². The van der Waals surface area contributed by atoms with E-state index in [0.717, 1.165) is 16.0 Å². The second kappa shape index (κ2) is 7.59. The lowest BCUT2D eigenvalue weighted by atomic mass is 10.2. The van der Waals surface area contributed by atoms with Crippen molar-refractivity contribution in [1.29, 1.82) is 0 Å². The lowest BCUT2D eigenvalue weighted by Gasteiger charge is -2.13. The molecule has 0 aliphatic rings. The summed E-state index contributed by atoms with van der Waals surface area (Å²) in [7, 11) is 0. The Balaban J connectivity index is 2.39. The molecule has 1 rings (SSSR count). The van der Waals surface area contributed by atoms with E-state index >= 15 is 0 Å². The van der Waals surface area contributed by atoms with Crippen molar-refractivity contribution >= 4 is 39.3 Å². The zero-order valence-electron chi connectivity index (χ0n) is 9.59. The van der Waals surface area contributed by atoms with Gasteiger partial charge in [0.25, 0.3) is 0 Å². The minimum absolute atomic E-state index is 0.551. The highest BCUT2D eigenvalue weighted by molar-refractivity contribution is 9.10. The van der Waals surface area contributed by atoms with Crippen molar-refractivity contribution in [2.45, 2.75) is 25.9 Å². The zero-order valence-corrected chi connectivity index (χ0v) is 12.8. The average Bonchev–Trinajstić information content (AvgIpc) is 2.28. The van der Waals surface area contributed by atoms with Gasteiger partial charge in [0.15, 0.2) is 0 Å². The number of rotatable bonds is 6. The molecule has 0 aliphatic heterocycles. The predicted molar refractivity (Wildman–Crippen MR) is 78.5 cm³/mol. The summed E-state index contributed by atoms with van der Waals surface area (Å²) in [5.41, 5.74) is 1.23. The van der Waals surface area contributed by atoms with Gasteiger partial charge in [0.05, 0.1) is 5.02 Å². The molecule has 1 atom stereocenters. The van der Waals surface area contributed by atoms with Crippen LogP contribution in [0.4, 0.5) is 0 Å². The molecule has 0 saturated carbocycles. The molecule has 1 N–H and O–H groups in total. The van der Waals surface area contributed by atoms with E-state index in [2.05, 4.69) is 40.5 Å². The molecule has 0 saturated heterocycles. The van der Waals surface area contributed by atoms with Crippen LogP contribution >= 0.6 is 39.3 Å². The van der Waals surface area contributed by atoms with Gasteiger partial charge in [-0.2, -0.15) is 11.8 Å². The van der Waals surface area contributed by atoms with E-state index in [9.17, 15) is 0 Å². The Morgan fingerprint density at radius 1 is 1.50 bits per heavy atom. The fourth-order valence-corrected chi connectivity index (χ4v) is 2.38. The highest BCUT2D eigenvalue weighted by Crippen LogP contribution is 2.23. The smallest absolute Gasteiger partial charge is 0.0551 e. The van der Waals surface area contributed by atoms with Gasteiger partial charge in [0.1, 0.15) is 0 Å². The van der Waals surface area contributed by atoms with Crippen LogP contribution in [0.3, 0.4) is 0 Å². The first kappa shape index (κ1) is 14.4. The second-order valence-electron chi connectivity index (χ2n) is 3.81. The Bertz CT molecular complexity index is 333. The lowest BCUT2D eigenvalue weighted by Crippen LogP contribution is -2.25. The van der Waals surface area contributed by atoms with Crippen molar-refractivity contribution in [3.8, 4) is 0 Å². The van der Waals surface area contributed by atoms with E-state index in [4.69, 9.17) is 11.6 Å². The van der Waals surface area contributed by atoms with Gasteiger partial charge in [-0.1, -0.05) is 17.7 Å². The summed E-state index contributed by atoms with van der Waals surface area (Å²) in [5.74, 6) is 1.20. The summed E-state index contributed by atoms with van der Waals surface area (Å²) in [4.78, 5) is 0. The first-order valence-corrected chi connectivity index (χ1v) is 7.86. The molecule has 1 nitrogen and oxygen atoms in total. The van der Waals surface area contributed by atoms with E-state index in [1.165, 1.54) is 17.7 Å². The minimum atomic E-state index is 0.551. The molecule has 16 heavy (non-hydrogen) atoms. The molecule has 0 bridgehead atoms. The fourth-order valence-electron chi connectivity index (χ4n) is 1.34. The molecule has 0 aromatic heterocycles. The van der Waals surface area contributed by atoms with E-state index in [1.54, 1.807) is 0 Å².